The van der Waals surface area contributed by atoms with E-state index in [-0.39, 0.29) is 0 Å². The molecule has 1 aliphatic heterocycles. The maximum atomic E-state index is 4.45. The van der Waals surface area contributed by atoms with Gasteiger partial charge < -0.3 is 0 Å². The van der Waals surface area contributed by atoms with Crippen molar-refractivity contribution >= 4 is 11.3 Å². The number of likely N-dealkylation sites (tertiary alicyclic amines) is 1. The molecule has 12 heavy (non-hydrogen) atoms. The molecule has 1 aliphatic rings. The van der Waals surface area contributed by atoms with Crippen LogP contribution in [-0.2, 0) is 6.54 Å². The third-order valence-electron chi connectivity index (χ3n) is 2.22. The van der Waals surface area contributed by atoms with Crippen LogP contribution in [0.5, 0.6) is 0 Å². The molecule has 0 unspecified atom stereocenters. The summed E-state index contributed by atoms with van der Waals surface area (Å²) in [5, 5.41) is 3.40. The number of nitrogens with zero attached hydrogens (tertiary/aromatic N) is 2. The Morgan fingerprint density at radius 3 is 2.83 bits per heavy atom. The number of aromatic nitrogens is 1. The predicted molar refractivity (Wildman–Crippen MR) is 51.4 cm³/mol. The molecule has 1 saturated heterocycles. The minimum absolute atomic E-state index is 1.07. The van der Waals surface area contributed by atoms with Gasteiger partial charge in [-0.2, -0.15) is 0 Å². The molecule has 0 bridgehead atoms. The Labute approximate surface area is 77.2 Å². The number of thiazole rings is 1. The highest BCUT2D eigenvalue weighted by molar-refractivity contribution is 7.09. The van der Waals surface area contributed by atoms with Gasteiger partial charge in [0, 0.05) is 11.1 Å². The Bertz CT molecular complexity index is 251. The van der Waals surface area contributed by atoms with Crippen LogP contribution >= 0.6 is 11.3 Å². The average Bonchev–Trinajstić information content (AvgIpc) is 2.63. The standard InChI is InChI=1S/C9H14N2S/c1-8-7-12-9(10-8)6-11-4-2-3-5-11/h7H,2-6H2,1H3. The van der Waals surface area contributed by atoms with Crippen molar-refractivity contribution < 1.29 is 0 Å². The fourth-order valence-corrected chi connectivity index (χ4v) is 2.42. The second-order valence-corrected chi connectivity index (χ2v) is 4.31. The zero-order valence-corrected chi connectivity index (χ0v) is 8.23. The summed E-state index contributed by atoms with van der Waals surface area (Å²) in [7, 11) is 0. The van der Waals surface area contributed by atoms with Crippen molar-refractivity contribution in [2.24, 2.45) is 0 Å². The fourth-order valence-electron chi connectivity index (χ4n) is 1.61. The first-order chi connectivity index (χ1) is 5.84. The molecule has 2 nitrogen and oxygen atoms in total. The van der Waals surface area contributed by atoms with Gasteiger partial charge in [0.15, 0.2) is 0 Å². The molecule has 0 saturated carbocycles. The highest BCUT2D eigenvalue weighted by Gasteiger charge is 2.12. The molecule has 0 atom stereocenters. The van der Waals surface area contributed by atoms with Crippen molar-refractivity contribution in [3.05, 3.63) is 16.1 Å². The smallest absolute Gasteiger partial charge is 0.107 e. The molecule has 2 rings (SSSR count). The van der Waals surface area contributed by atoms with E-state index in [4.69, 9.17) is 0 Å². The first kappa shape index (κ1) is 8.20. The van der Waals surface area contributed by atoms with Gasteiger partial charge in [-0.3, -0.25) is 4.90 Å². The van der Waals surface area contributed by atoms with Crippen LogP contribution in [0.15, 0.2) is 5.38 Å². The van der Waals surface area contributed by atoms with E-state index in [1.807, 2.05) is 0 Å². The summed E-state index contributed by atoms with van der Waals surface area (Å²) in [4.78, 5) is 6.94. The zero-order chi connectivity index (χ0) is 8.39. The SMILES string of the molecule is Cc1csc(CN2CCCC2)n1. The highest BCUT2D eigenvalue weighted by atomic mass is 32.1. The van der Waals surface area contributed by atoms with Crippen molar-refractivity contribution in [2.45, 2.75) is 26.3 Å². The Balaban J connectivity index is 1.94. The van der Waals surface area contributed by atoms with Gasteiger partial charge in [0.1, 0.15) is 5.01 Å². The van der Waals surface area contributed by atoms with Gasteiger partial charge in [-0.15, -0.1) is 11.3 Å². The van der Waals surface area contributed by atoms with E-state index in [0.717, 1.165) is 12.2 Å². The van der Waals surface area contributed by atoms with Crippen LogP contribution in [0.3, 0.4) is 0 Å². The van der Waals surface area contributed by atoms with E-state index < -0.39 is 0 Å². The lowest BCUT2D eigenvalue weighted by Gasteiger charge is -2.11. The van der Waals surface area contributed by atoms with Gasteiger partial charge >= 0.3 is 0 Å². The third kappa shape index (κ3) is 1.84. The molecule has 3 heteroatoms. The largest absolute Gasteiger partial charge is 0.297 e. The molecule has 0 N–H and O–H groups in total. The van der Waals surface area contributed by atoms with Gasteiger partial charge in [0.2, 0.25) is 0 Å². The van der Waals surface area contributed by atoms with Crippen molar-refractivity contribution in [2.75, 3.05) is 13.1 Å². The number of hydrogen-bond donors (Lipinski definition) is 0. The molecule has 0 amide bonds. The van der Waals surface area contributed by atoms with E-state index in [1.165, 1.54) is 30.9 Å². The average molecular weight is 182 g/mol. The summed E-state index contributed by atoms with van der Waals surface area (Å²) in [5.41, 5.74) is 1.16. The van der Waals surface area contributed by atoms with E-state index in [9.17, 15) is 0 Å². The maximum Gasteiger partial charge on any atom is 0.107 e. The van der Waals surface area contributed by atoms with Crippen LogP contribution in [-0.4, -0.2) is 23.0 Å². The Morgan fingerprint density at radius 1 is 1.50 bits per heavy atom. The minimum Gasteiger partial charge on any atom is -0.297 e. The Hall–Kier alpha value is -0.410. The first-order valence-corrected chi connectivity index (χ1v) is 5.36. The molecule has 1 aromatic heterocycles. The normalized spacial score (nSPS) is 18.8. The lowest BCUT2D eigenvalue weighted by Crippen LogP contribution is -2.18. The molecular formula is C9H14N2S. The Morgan fingerprint density at radius 2 is 2.25 bits per heavy atom. The molecule has 0 spiro atoms. The third-order valence-corrected chi connectivity index (χ3v) is 3.18. The van der Waals surface area contributed by atoms with Crippen molar-refractivity contribution in [1.82, 2.24) is 9.88 Å². The van der Waals surface area contributed by atoms with Crippen LogP contribution in [0.2, 0.25) is 0 Å². The molecule has 0 radical (unpaired) electrons. The summed E-state index contributed by atoms with van der Waals surface area (Å²) >= 11 is 1.78. The molecule has 2 heterocycles. The predicted octanol–water partition coefficient (Wildman–Crippen LogP) is 2.05. The molecule has 66 valence electrons. The highest BCUT2D eigenvalue weighted by Crippen LogP contribution is 2.15. The number of aryl methyl sites for hydroxylation is 1. The van der Waals surface area contributed by atoms with Crippen LogP contribution in [0.4, 0.5) is 0 Å². The molecule has 0 aromatic carbocycles. The maximum absolute atomic E-state index is 4.45. The van der Waals surface area contributed by atoms with Crippen molar-refractivity contribution in [3.8, 4) is 0 Å². The van der Waals surface area contributed by atoms with E-state index in [2.05, 4.69) is 22.2 Å². The van der Waals surface area contributed by atoms with Crippen molar-refractivity contribution in [3.63, 3.8) is 0 Å². The summed E-state index contributed by atoms with van der Waals surface area (Å²) in [5.74, 6) is 0. The van der Waals surface area contributed by atoms with Gasteiger partial charge in [-0.1, -0.05) is 0 Å². The minimum atomic E-state index is 1.07. The van der Waals surface area contributed by atoms with Crippen LogP contribution < -0.4 is 0 Å². The molecule has 0 aliphatic carbocycles. The number of rotatable bonds is 2. The molecule has 1 fully saturated rings. The second-order valence-electron chi connectivity index (χ2n) is 3.37. The second kappa shape index (κ2) is 3.54. The van der Waals surface area contributed by atoms with Crippen LogP contribution in [0.1, 0.15) is 23.5 Å². The van der Waals surface area contributed by atoms with Crippen LogP contribution in [0, 0.1) is 6.92 Å². The van der Waals surface area contributed by atoms with Gasteiger partial charge in [-0.25, -0.2) is 4.98 Å². The lowest BCUT2D eigenvalue weighted by molar-refractivity contribution is 0.330. The zero-order valence-electron chi connectivity index (χ0n) is 7.42. The first-order valence-electron chi connectivity index (χ1n) is 4.48. The summed E-state index contributed by atoms with van der Waals surface area (Å²) < 4.78 is 0. The number of hydrogen-bond acceptors (Lipinski definition) is 3. The van der Waals surface area contributed by atoms with Crippen molar-refractivity contribution in [1.29, 1.82) is 0 Å². The quantitative estimate of drug-likeness (QED) is 0.696. The molecule has 1 aromatic rings. The van der Waals surface area contributed by atoms with E-state index >= 15 is 0 Å². The van der Waals surface area contributed by atoms with Crippen LogP contribution in [0.25, 0.3) is 0 Å². The molecular weight excluding hydrogens is 168 g/mol. The lowest BCUT2D eigenvalue weighted by atomic mass is 10.4. The topological polar surface area (TPSA) is 16.1 Å². The van der Waals surface area contributed by atoms with E-state index in [0.29, 0.717) is 0 Å². The van der Waals surface area contributed by atoms with Gasteiger partial charge in [0.25, 0.3) is 0 Å². The summed E-state index contributed by atoms with van der Waals surface area (Å²) in [6.07, 6.45) is 2.73. The van der Waals surface area contributed by atoms with E-state index in [1.54, 1.807) is 11.3 Å². The summed E-state index contributed by atoms with van der Waals surface area (Å²) in [6, 6.07) is 0. The fraction of sp³-hybridized carbons (Fsp3) is 0.667. The van der Waals surface area contributed by atoms with Gasteiger partial charge in [0.05, 0.1) is 6.54 Å². The van der Waals surface area contributed by atoms with Gasteiger partial charge in [-0.05, 0) is 32.9 Å². The monoisotopic (exact) mass is 182 g/mol. The Kier molecular flexibility index (Phi) is 2.42. The summed E-state index contributed by atoms with van der Waals surface area (Å²) in [6.45, 7) is 5.65.